The summed E-state index contributed by atoms with van der Waals surface area (Å²) >= 11 is 0. The number of amides is 2. The Balaban J connectivity index is 2.14. The van der Waals surface area contributed by atoms with Gasteiger partial charge in [0.2, 0.25) is 5.91 Å². The highest BCUT2D eigenvalue weighted by Gasteiger charge is 2.41. The van der Waals surface area contributed by atoms with Gasteiger partial charge in [0.05, 0.1) is 0 Å². The zero-order chi connectivity index (χ0) is 19.3. The summed E-state index contributed by atoms with van der Waals surface area (Å²) in [4.78, 5) is 23.7. The van der Waals surface area contributed by atoms with Crippen molar-refractivity contribution in [1.29, 1.82) is 0 Å². The number of nitrogens with two attached hydrogens (primary N) is 1. The van der Waals surface area contributed by atoms with Gasteiger partial charge in [0, 0.05) is 12.2 Å². The largest absolute Gasteiger partial charge is 0.471 e. The van der Waals surface area contributed by atoms with Crippen LogP contribution in [0.2, 0.25) is 0 Å². The fraction of sp³-hybridized carbons (Fsp3) is 0.222. The Morgan fingerprint density at radius 3 is 2.35 bits per heavy atom. The molecule has 2 rings (SSSR count). The fourth-order valence-electron chi connectivity index (χ4n) is 2.30. The van der Waals surface area contributed by atoms with E-state index in [4.69, 9.17) is 5.73 Å². The number of halogens is 3. The molecule has 0 aliphatic rings. The summed E-state index contributed by atoms with van der Waals surface area (Å²) in [5, 5.41) is 4.27. The monoisotopic (exact) mass is 365 g/mol. The number of benzene rings is 2. The van der Waals surface area contributed by atoms with Crippen molar-refractivity contribution in [1.82, 2.24) is 10.6 Å². The highest BCUT2D eigenvalue weighted by atomic mass is 19.4. The number of carbonyl (C=O) groups is 2. The molecule has 0 radical (unpaired) electrons. The Hall–Kier alpha value is -3.03. The molecule has 0 heterocycles. The highest BCUT2D eigenvalue weighted by Crippen LogP contribution is 2.19. The van der Waals surface area contributed by atoms with E-state index in [1.54, 1.807) is 48.6 Å². The first-order valence-electron chi connectivity index (χ1n) is 7.74. The predicted molar refractivity (Wildman–Crippen MR) is 90.8 cm³/mol. The normalized spacial score (nSPS) is 12.3. The minimum Gasteiger partial charge on any atom is -0.399 e. The van der Waals surface area contributed by atoms with Gasteiger partial charge in [-0.05, 0) is 29.7 Å². The van der Waals surface area contributed by atoms with Crippen LogP contribution in [0, 0.1) is 6.92 Å². The molecular weight excluding hydrogens is 347 g/mol. The minimum absolute atomic E-state index is 0.0885. The molecule has 1 unspecified atom stereocenters. The molecule has 0 spiro atoms. The van der Waals surface area contributed by atoms with E-state index in [1.165, 1.54) is 12.1 Å². The number of aryl methyl sites for hydroxylation is 1. The summed E-state index contributed by atoms with van der Waals surface area (Å²) in [5.74, 6) is -2.92. The molecule has 0 aromatic heterocycles. The molecule has 2 aromatic carbocycles. The molecule has 0 aliphatic carbocycles. The quantitative estimate of drug-likeness (QED) is 0.712. The second kappa shape index (κ2) is 7.90. The molecule has 138 valence electrons. The van der Waals surface area contributed by atoms with Gasteiger partial charge in [-0.15, -0.1) is 0 Å². The molecule has 2 amide bonds. The van der Waals surface area contributed by atoms with Crippen molar-refractivity contribution in [2.45, 2.75) is 25.7 Å². The molecule has 2 aromatic rings. The SMILES string of the molecule is Cc1cc(CNC(=O)C(NC(=O)C(F)(F)F)c2ccccc2)ccc1N. The van der Waals surface area contributed by atoms with E-state index in [9.17, 15) is 22.8 Å². The van der Waals surface area contributed by atoms with Crippen molar-refractivity contribution in [2.75, 3.05) is 5.73 Å². The van der Waals surface area contributed by atoms with Gasteiger partial charge < -0.3 is 16.4 Å². The van der Waals surface area contributed by atoms with E-state index in [0.717, 1.165) is 11.1 Å². The van der Waals surface area contributed by atoms with Gasteiger partial charge in [-0.2, -0.15) is 13.2 Å². The number of alkyl halides is 3. The Kier molecular flexibility index (Phi) is 5.86. The number of hydrogen-bond donors (Lipinski definition) is 3. The average Bonchev–Trinajstić information content (AvgIpc) is 2.60. The number of anilines is 1. The lowest BCUT2D eigenvalue weighted by Crippen LogP contribution is -2.45. The lowest BCUT2D eigenvalue weighted by molar-refractivity contribution is -0.174. The van der Waals surface area contributed by atoms with Gasteiger partial charge in [-0.3, -0.25) is 9.59 Å². The van der Waals surface area contributed by atoms with Crippen molar-refractivity contribution < 1.29 is 22.8 Å². The summed E-state index contributed by atoms with van der Waals surface area (Å²) in [7, 11) is 0. The standard InChI is InChI=1S/C18H18F3N3O2/c1-11-9-12(7-8-14(11)22)10-23-16(25)15(13-5-3-2-4-6-13)24-17(26)18(19,20)21/h2-9,15H,10,22H2,1H3,(H,23,25)(H,24,26). The lowest BCUT2D eigenvalue weighted by atomic mass is 10.1. The average molecular weight is 365 g/mol. The lowest BCUT2D eigenvalue weighted by Gasteiger charge is -2.20. The third-order valence-electron chi connectivity index (χ3n) is 3.73. The van der Waals surface area contributed by atoms with Crippen LogP contribution in [0.3, 0.4) is 0 Å². The van der Waals surface area contributed by atoms with Gasteiger partial charge in [0.15, 0.2) is 0 Å². The number of nitrogen functional groups attached to an aromatic ring is 1. The first-order valence-corrected chi connectivity index (χ1v) is 7.74. The first-order chi connectivity index (χ1) is 12.2. The van der Waals surface area contributed by atoms with Gasteiger partial charge in [0.1, 0.15) is 6.04 Å². The fourth-order valence-corrected chi connectivity index (χ4v) is 2.30. The van der Waals surface area contributed by atoms with Crippen molar-refractivity contribution in [2.24, 2.45) is 0 Å². The predicted octanol–water partition coefficient (Wildman–Crippen LogP) is 2.61. The van der Waals surface area contributed by atoms with Gasteiger partial charge in [-0.25, -0.2) is 0 Å². The summed E-state index contributed by atoms with van der Waals surface area (Å²) in [6, 6.07) is 11.4. The Labute approximate surface area is 148 Å². The van der Waals surface area contributed by atoms with Gasteiger partial charge in [0.25, 0.3) is 0 Å². The Morgan fingerprint density at radius 2 is 1.77 bits per heavy atom. The molecule has 4 N–H and O–H groups in total. The molecule has 5 nitrogen and oxygen atoms in total. The van der Waals surface area contributed by atoms with E-state index in [1.807, 2.05) is 0 Å². The van der Waals surface area contributed by atoms with Crippen molar-refractivity contribution >= 4 is 17.5 Å². The van der Waals surface area contributed by atoms with E-state index in [2.05, 4.69) is 5.32 Å². The van der Waals surface area contributed by atoms with Crippen LogP contribution in [0.15, 0.2) is 48.5 Å². The van der Waals surface area contributed by atoms with E-state index >= 15 is 0 Å². The van der Waals surface area contributed by atoms with Crippen LogP contribution in [0.1, 0.15) is 22.7 Å². The zero-order valence-corrected chi connectivity index (χ0v) is 13.9. The van der Waals surface area contributed by atoms with Crippen molar-refractivity contribution in [3.63, 3.8) is 0 Å². The molecule has 8 heteroatoms. The second-order valence-corrected chi connectivity index (χ2v) is 5.72. The van der Waals surface area contributed by atoms with Crippen LogP contribution in [-0.4, -0.2) is 18.0 Å². The van der Waals surface area contributed by atoms with Crippen LogP contribution in [0.25, 0.3) is 0 Å². The summed E-state index contributed by atoms with van der Waals surface area (Å²) in [6.07, 6.45) is -5.08. The second-order valence-electron chi connectivity index (χ2n) is 5.72. The van der Waals surface area contributed by atoms with Gasteiger partial charge >= 0.3 is 12.1 Å². The smallest absolute Gasteiger partial charge is 0.399 e. The minimum atomic E-state index is -5.08. The molecule has 0 saturated heterocycles. The molecule has 0 bridgehead atoms. The maximum absolute atomic E-state index is 12.6. The zero-order valence-electron chi connectivity index (χ0n) is 13.9. The van der Waals surface area contributed by atoms with E-state index in [0.29, 0.717) is 5.69 Å². The van der Waals surface area contributed by atoms with Crippen LogP contribution < -0.4 is 16.4 Å². The maximum atomic E-state index is 12.6. The molecular formula is C18H18F3N3O2. The van der Waals surface area contributed by atoms with Crippen LogP contribution in [0.5, 0.6) is 0 Å². The van der Waals surface area contributed by atoms with Crippen LogP contribution in [-0.2, 0) is 16.1 Å². The molecule has 0 aliphatic heterocycles. The molecule has 0 saturated carbocycles. The number of carbonyl (C=O) groups excluding carboxylic acids is 2. The summed E-state index contributed by atoms with van der Waals surface area (Å²) in [6.45, 7) is 1.89. The number of hydrogen-bond acceptors (Lipinski definition) is 3. The molecule has 26 heavy (non-hydrogen) atoms. The third kappa shape index (κ3) is 4.98. The highest BCUT2D eigenvalue weighted by molar-refractivity contribution is 5.90. The third-order valence-corrected chi connectivity index (χ3v) is 3.73. The molecule has 1 atom stereocenters. The molecule has 0 fully saturated rings. The van der Waals surface area contributed by atoms with E-state index in [-0.39, 0.29) is 12.1 Å². The number of nitrogens with one attached hydrogen (secondary N) is 2. The Bertz CT molecular complexity index is 792. The van der Waals surface area contributed by atoms with E-state index < -0.39 is 24.0 Å². The Morgan fingerprint density at radius 1 is 1.12 bits per heavy atom. The first kappa shape index (κ1) is 19.3. The topological polar surface area (TPSA) is 84.2 Å². The summed E-state index contributed by atoms with van der Waals surface area (Å²) < 4.78 is 37.7. The summed E-state index contributed by atoms with van der Waals surface area (Å²) in [5.41, 5.74) is 8.12. The van der Waals surface area contributed by atoms with Crippen molar-refractivity contribution in [3.05, 3.63) is 65.2 Å². The van der Waals surface area contributed by atoms with Crippen LogP contribution >= 0.6 is 0 Å². The van der Waals surface area contributed by atoms with Crippen LogP contribution in [0.4, 0.5) is 18.9 Å². The van der Waals surface area contributed by atoms with Gasteiger partial charge in [-0.1, -0.05) is 42.5 Å². The van der Waals surface area contributed by atoms with Crippen molar-refractivity contribution in [3.8, 4) is 0 Å². The number of rotatable bonds is 5. The maximum Gasteiger partial charge on any atom is 0.471 e.